The van der Waals surface area contributed by atoms with Gasteiger partial charge in [0.2, 0.25) is 0 Å². The van der Waals surface area contributed by atoms with Crippen LogP contribution in [0.15, 0.2) is 46.9 Å². The van der Waals surface area contributed by atoms with Gasteiger partial charge >= 0.3 is 0 Å². The van der Waals surface area contributed by atoms with Gasteiger partial charge in [0, 0.05) is 0 Å². The van der Waals surface area contributed by atoms with Crippen molar-refractivity contribution in [3.8, 4) is 17.6 Å². The molecule has 2 aromatic carbocycles. The number of nitriles is 1. The lowest BCUT2D eigenvalue weighted by molar-refractivity contribution is 0.304. The number of methoxy groups -OCH3 is 1. The van der Waals surface area contributed by atoms with Crippen LogP contribution in [0.2, 0.25) is 0 Å². The molecule has 0 aliphatic rings. The molecule has 0 radical (unpaired) electrons. The quantitative estimate of drug-likeness (QED) is 0.858. The zero-order valence-corrected chi connectivity index (χ0v) is 12.0. The predicted molar refractivity (Wildman–Crippen MR) is 76.2 cm³/mol. The summed E-state index contributed by atoms with van der Waals surface area (Å²) in [5, 5.41) is 8.79. The van der Waals surface area contributed by atoms with Crippen molar-refractivity contribution in [3.05, 3.63) is 58.1 Å². The summed E-state index contributed by atoms with van der Waals surface area (Å²) in [7, 11) is 1.64. The first-order valence-electron chi connectivity index (χ1n) is 5.68. The van der Waals surface area contributed by atoms with Gasteiger partial charge in [-0.25, -0.2) is 0 Å². The standard InChI is InChI=1S/C15H12BrNO2/c1-18-13-5-2-11(3-6-13)10-19-15-7-4-12(9-17)8-14(15)16/h2-8H,10H2,1H3. The van der Waals surface area contributed by atoms with Crippen LogP contribution in [-0.2, 0) is 6.61 Å². The van der Waals surface area contributed by atoms with Crippen LogP contribution in [0.3, 0.4) is 0 Å². The highest BCUT2D eigenvalue weighted by Crippen LogP contribution is 2.26. The maximum Gasteiger partial charge on any atom is 0.134 e. The van der Waals surface area contributed by atoms with E-state index < -0.39 is 0 Å². The number of rotatable bonds is 4. The Morgan fingerprint density at radius 3 is 2.47 bits per heavy atom. The van der Waals surface area contributed by atoms with Crippen LogP contribution in [0.1, 0.15) is 11.1 Å². The van der Waals surface area contributed by atoms with E-state index in [4.69, 9.17) is 14.7 Å². The molecular weight excluding hydrogens is 306 g/mol. The Kier molecular flexibility index (Phi) is 4.43. The second-order valence-corrected chi connectivity index (χ2v) is 4.75. The molecule has 0 atom stereocenters. The zero-order chi connectivity index (χ0) is 13.7. The number of benzene rings is 2. The molecule has 0 saturated heterocycles. The van der Waals surface area contributed by atoms with Crippen molar-refractivity contribution in [2.45, 2.75) is 6.61 Å². The third kappa shape index (κ3) is 3.49. The molecule has 0 aliphatic carbocycles. The van der Waals surface area contributed by atoms with E-state index in [2.05, 4.69) is 22.0 Å². The maximum atomic E-state index is 8.79. The summed E-state index contributed by atoms with van der Waals surface area (Å²) in [5.74, 6) is 1.54. The van der Waals surface area contributed by atoms with Gasteiger partial charge in [-0.2, -0.15) is 5.26 Å². The van der Waals surface area contributed by atoms with Crippen LogP contribution < -0.4 is 9.47 Å². The van der Waals surface area contributed by atoms with Crippen molar-refractivity contribution < 1.29 is 9.47 Å². The molecule has 0 aliphatic heterocycles. The molecule has 0 saturated carbocycles. The van der Waals surface area contributed by atoms with E-state index in [0.717, 1.165) is 21.5 Å². The van der Waals surface area contributed by atoms with Gasteiger partial charge in [-0.1, -0.05) is 12.1 Å². The first kappa shape index (κ1) is 13.4. The maximum absolute atomic E-state index is 8.79. The first-order valence-corrected chi connectivity index (χ1v) is 6.47. The smallest absolute Gasteiger partial charge is 0.134 e. The SMILES string of the molecule is COc1ccc(COc2ccc(C#N)cc2Br)cc1. The number of halogens is 1. The summed E-state index contributed by atoms with van der Waals surface area (Å²) in [5.41, 5.74) is 1.65. The van der Waals surface area contributed by atoms with E-state index in [1.165, 1.54) is 0 Å². The fourth-order valence-electron chi connectivity index (χ4n) is 1.57. The number of ether oxygens (including phenoxy) is 2. The molecule has 0 aromatic heterocycles. The third-order valence-corrected chi connectivity index (χ3v) is 3.23. The van der Waals surface area contributed by atoms with E-state index in [1.807, 2.05) is 24.3 Å². The summed E-state index contributed by atoms with van der Waals surface area (Å²) < 4.78 is 11.6. The minimum Gasteiger partial charge on any atom is -0.497 e. The van der Waals surface area contributed by atoms with Crippen molar-refractivity contribution in [2.24, 2.45) is 0 Å². The molecule has 4 heteroatoms. The van der Waals surface area contributed by atoms with Crippen molar-refractivity contribution in [1.82, 2.24) is 0 Å². The molecule has 0 heterocycles. The Labute approximate surface area is 120 Å². The Hall–Kier alpha value is -1.99. The lowest BCUT2D eigenvalue weighted by Gasteiger charge is -2.09. The number of hydrogen-bond acceptors (Lipinski definition) is 3. The molecule has 0 N–H and O–H groups in total. The van der Waals surface area contributed by atoms with Crippen molar-refractivity contribution in [3.63, 3.8) is 0 Å². The Balaban J connectivity index is 2.04. The van der Waals surface area contributed by atoms with Crippen molar-refractivity contribution >= 4 is 15.9 Å². The van der Waals surface area contributed by atoms with E-state index in [-0.39, 0.29) is 0 Å². The first-order chi connectivity index (χ1) is 9.22. The molecule has 0 fully saturated rings. The average Bonchev–Trinajstić information content (AvgIpc) is 2.46. The van der Waals surface area contributed by atoms with Gasteiger partial charge in [0.05, 0.1) is 23.2 Å². The van der Waals surface area contributed by atoms with E-state index in [9.17, 15) is 0 Å². The van der Waals surface area contributed by atoms with Gasteiger partial charge in [0.15, 0.2) is 0 Å². The molecule has 96 valence electrons. The molecule has 19 heavy (non-hydrogen) atoms. The summed E-state index contributed by atoms with van der Waals surface area (Å²) in [6.45, 7) is 0.467. The van der Waals surface area contributed by atoms with Crippen molar-refractivity contribution in [1.29, 1.82) is 5.26 Å². The number of nitrogens with zero attached hydrogens (tertiary/aromatic N) is 1. The molecule has 0 spiro atoms. The van der Waals surface area contributed by atoms with Crippen LogP contribution >= 0.6 is 15.9 Å². The molecule has 2 aromatic rings. The zero-order valence-electron chi connectivity index (χ0n) is 10.4. The fraction of sp³-hybridized carbons (Fsp3) is 0.133. The topological polar surface area (TPSA) is 42.2 Å². The number of hydrogen-bond donors (Lipinski definition) is 0. The highest BCUT2D eigenvalue weighted by molar-refractivity contribution is 9.10. The second kappa shape index (κ2) is 6.26. The average molecular weight is 318 g/mol. The molecule has 0 amide bonds. The van der Waals surface area contributed by atoms with Gasteiger partial charge in [-0.05, 0) is 51.8 Å². The lowest BCUT2D eigenvalue weighted by Crippen LogP contribution is -1.96. The van der Waals surface area contributed by atoms with Crippen LogP contribution in [0, 0.1) is 11.3 Å². The van der Waals surface area contributed by atoms with E-state index in [1.54, 1.807) is 25.3 Å². The van der Waals surface area contributed by atoms with Gasteiger partial charge < -0.3 is 9.47 Å². The van der Waals surface area contributed by atoms with Gasteiger partial charge in [-0.15, -0.1) is 0 Å². The Morgan fingerprint density at radius 1 is 1.16 bits per heavy atom. The normalized spacial score (nSPS) is 9.74. The van der Waals surface area contributed by atoms with E-state index >= 15 is 0 Å². The van der Waals surface area contributed by atoms with Crippen molar-refractivity contribution in [2.75, 3.05) is 7.11 Å². The van der Waals surface area contributed by atoms with E-state index in [0.29, 0.717) is 12.2 Å². The highest BCUT2D eigenvalue weighted by Gasteiger charge is 2.03. The lowest BCUT2D eigenvalue weighted by atomic mass is 10.2. The third-order valence-electron chi connectivity index (χ3n) is 2.61. The largest absolute Gasteiger partial charge is 0.497 e. The highest BCUT2D eigenvalue weighted by atomic mass is 79.9. The van der Waals surface area contributed by atoms with Gasteiger partial charge in [0.25, 0.3) is 0 Å². The molecule has 2 rings (SSSR count). The van der Waals surface area contributed by atoms with Crippen LogP contribution in [0.25, 0.3) is 0 Å². The van der Waals surface area contributed by atoms with Crippen LogP contribution in [0.5, 0.6) is 11.5 Å². The van der Waals surface area contributed by atoms with Crippen LogP contribution in [-0.4, -0.2) is 7.11 Å². The summed E-state index contributed by atoms with van der Waals surface area (Å²) >= 11 is 3.39. The summed E-state index contributed by atoms with van der Waals surface area (Å²) in [4.78, 5) is 0. The monoisotopic (exact) mass is 317 g/mol. The molecule has 3 nitrogen and oxygen atoms in total. The molecular formula is C15H12BrNO2. The Morgan fingerprint density at radius 2 is 1.89 bits per heavy atom. The summed E-state index contributed by atoms with van der Waals surface area (Å²) in [6.07, 6.45) is 0. The minimum absolute atomic E-state index is 0.467. The second-order valence-electron chi connectivity index (χ2n) is 3.89. The predicted octanol–water partition coefficient (Wildman–Crippen LogP) is 3.91. The molecule has 0 bridgehead atoms. The summed E-state index contributed by atoms with van der Waals surface area (Å²) in [6, 6.07) is 15.0. The van der Waals surface area contributed by atoms with Gasteiger partial charge in [-0.3, -0.25) is 0 Å². The molecule has 0 unspecified atom stereocenters. The minimum atomic E-state index is 0.467. The van der Waals surface area contributed by atoms with Crippen LogP contribution in [0.4, 0.5) is 0 Å². The fourth-order valence-corrected chi connectivity index (χ4v) is 2.06. The Bertz CT molecular complexity index is 603. The van der Waals surface area contributed by atoms with Gasteiger partial charge in [0.1, 0.15) is 18.1 Å².